The molecule has 0 aromatic carbocycles. The van der Waals surface area contributed by atoms with E-state index in [1.54, 1.807) is 11.3 Å². The largest absolute Gasteiger partial charge is 0.480 e. The third-order valence-electron chi connectivity index (χ3n) is 3.98. The second-order valence-electron chi connectivity index (χ2n) is 5.61. The lowest BCUT2D eigenvalue weighted by Gasteiger charge is -2.42. The van der Waals surface area contributed by atoms with Crippen LogP contribution in [0.15, 0.2) is 5.38 Å². The predicted molar refractivity (Wildman–Crippen MR) is 85.0 cm³/mol. The maximum absolute atomic E-state index is 12.0. The predicted octanol–water partition coefficient (Wildman–Crippen LogP) is 1.30. The Morgan fingerprint density at radius 2 is 2.18 bits per heavy atom. The number of aliphatic carboxylic acids is 1. The maximum atomic E-state index is 12.0. The highest BCUT2D eigenvalue weighted by Gasteiger charge is 2.34. The number of hydrogen-bond donors (Lipinski definition) is 2. The first-order chi connectivity index (χ1) is 10.5. The first-order valence-electron chi connectivity index (χ1n) is 7.70. The monoisotopic (exact) mass is 325 g/mol. The van der Waals surface area contributed by atoms with Crippen molar-refractivity contribution in [2.45, 2.75) is 51.6 Å². The number of carbonyl (C=O) groups excluding carboxylic acids is 1. The van der Waals surface area contributed by atoms with Gasteiger partial charge in [0.05, 0.1) is 23.7 Å². The second kappa shape index (κ2) is 7.69. The highest BCUT2D eigenvalue weighted by Crippen LogP contribution is 2.25. The number of nitrogens with one attached hydrogen (secondary N) is 1. The van der Waals surface area contributed by atoms with Gasteiger partial charge in [-0.15, -0.1) is 11.3 Å². The molecule has 1 aromatic rings. The summed E-state index contributed by atoms with van der Waals surface area (Å²) in [5.41, 5.74) is 0.830. The van der Waals surface area contributed by atoms with Gasteiger partial charge in [-0.1, -0.05) is 13.8 Å². The molecule has 0 spiro atoms. The van der Waals surface area contributed by atoms with Gasteiger partial charge in [0.15, 0.2) is 0 Å². The summed E-state index contributed by atoms with van der Waals surface area (Å²) in [5, 5.41) is 14.9. The van der Waals surface area contributed by atoms with E-state index in [-0.39, 0.29) is 24.5 Å². The van der Waals surface area contributed by atoms with Crippen LogP contribution in [0.5, 0.6) is 0 Å². The number of nitrogens with zero attached hydrogens (tertiary/aromatic N) is 2. The van der Waals surface area contributed by atoms with Crippen LogP contribution in [0.3, 0.4) is 0 Å². The first kappa shape index (κ1) is 16.9. The molecule has 2 rings (SSSR count). The molecular formula is C15H23N3O3S. The standard InChI is InChI=1S/C15H23N3O3S/c1-3-14-17-11(9-22-14)7-13(19)16-10-5-12(6-10)18(4-2)8-15(20)21/h9-10,12H,3-8H2,1-2H3,(H,16,19)(H,20,21). The summed E-state index contributed by atoms with van der Waals surface area (Å²) in [7, 11) is 0. The summed E-state index contributed by atoms with van der Waals surface area (Å²) in [6.07, 6.45) is 2.87. The first-order valence-corrected chi connectivity index (χ1v) is 8.58. The van der Waals surface area contributed by atoms with Gasteiger partial charge in [0.1, 0.15) is 0 Å². The number of likely N-dealkylation sites (N-methyl/N-ethyl adjacent to an activating group) is 1. The van der Waals surface area contributed by atoms with Crippen LogP contribution in [0.2, 0.25) is 0 Å². The van der Waals surface area contributed by atoms with Crippen molar-refractivity contribution in [2.24, 2.45) is 0 Å². The molecule has 1 aliphatic carbocycles. The van der Waals surface area contributed by atoms with Crippen LogP contribution in [-0.4, -0.2) is 52.0 Å². The third-order valence-corrected chi connectivity index (χ3v) is 5.02. The molecule has 22 heavy (non-hydrogen) atoms. The van der Waals surface area contributed by atoms with Gasteiger partial charge < -0.3 is 10.4 Å². The molecule has 0 unspecified atom stereocenters. The molecule has 6 nitrogen and oxygen atoms in total. The Labute approximate surface area is 134 Å². The molecule has 0 radical (unpaired) electrons. The smallest absolute Gasteiger partial charge is 0.317 e. The summed E-state index contributed by atoms with van der Waals surface area (Å²) >= 11 is 1.59. The second-order valence-corrected chi connectivity index (χ2v) is 6.55. The van der Waals surface area contributed by atoms with Gasteiger partial charge in [-0.3, -0.25) is 14.5 Å². The van der Waals surface area contributed by atoms with Crippen LogP contribution < -0.4 is 5.32 Å². The van der Waals surface area contributed by atoms with Crippen LogP contribution in [0.1, 0.15) is 37.4 Å². The van der Waals surface area contributed by atoms with Crippen molar-refractivity contribution in [3.05, 3.63) is 16.1 Å². The highest BCUT2D eigenvalue weighted by atomic mass is 32.1. The van der Waals surface area contributed by atoms with Crippen LogP contribution in [0.4, 0.5) is 0 Å². The Hall–Kier alpha value is -1.47. The average Bonchev–Trinajstić information content (AvgIpc) is 2.87. The van der Waals surface area contributed by atoms with Crippen LogP contribution in [0.25, 0.3) is 0 Å². The number of carboxylic acids is 1. The minimum atomic E-state index is -0.801. The van der Waals surface area contributed by atoms with Crippen LogP contribution >= 0.6 is 11.3 Å². The molecule has 7 heteroatoms. The van der Waals surface area contributed by atoms with Gasteiger partial charge in [-0.05, 0) is 25.8 Å². The zero-order chi connectivity index (χ0) is 16.1. The Kier molecular flexibility index (Phi) is 5.90. The van der Waals surface area contributed by atoms with E-state index in [0.717, 1.165) is 36.5 Å². The van der Waals surface area contributed by atoms with E-state index in [2.05, 4.69) is 10.3 Å². The Morgan fingerprint density at radius 1 is 1.45 bits per heavy atom. The van der Waals surface area contributed by atoms with E-state index in [9.17, 15) is 9.59 Å². The van der Waals surface area contributed by atoms with E-state index in [1.807, 2.05) is 24.1 Å². The zero-order valence-electron chi connectivity index (χ0n) is 13.0. The molecule has 0 aliphatic heterocycles. The van der Waals surface area contributed by atoms with Gasteiger partial charge in [0.2, 0.25) is 5.91 Å². The Morgan fingerprint density at radius 3 is 2.73 bits per heavy atom. The summed E-state index contributed by atoms with van der Waals surface area (Å²) < 4.78 is 0. The van der Waals surface area contributed by atoms with Gasteiger partial charge >= 0.3 is 5.97 Å². The summed E-state index contributed by atoms with van der Waals surface area (Å²) in [5.74, 6) is -0.803. The SMILES string of the molecule is CCc1nc(CC(=O)NC2CC(N(CC)CC(=O)O)C2)cs1. The highest BCUT2D eigenvalue weighted by molar-refractivity contribution is 7.09. The molecule has 1 aromatic heterocycles. The number of amides is 1. The Balaban J connectivity index is 1.72. The van der Waals surface area contributed by atoms with Crippen LogP contribution in [0, 0.1) is 0 Å². The fourth-order valence-electron chi connectivity index (χ4n) is 2.71. The molecule has 1 heterocycles. The third kappa shape index (κ3) is 4.51. The molecule has 1 fully saturated rings. The fraction of sp³-hybridized carbons (Fsp3) is 0.667. The van der Waals surface area contributed by atoms with E-state index < -0.39 is 5.97 Å². The Bertz CT molecular complexity index is 526. The van der Waals surface area contributed by atoms with Gasteiger partial charge in [-0.25, -0.2) is 4.98 Å². The molecule has 0 bridgehead atoms. The number of carbonyl (C=O) groups is 2. The molecule has 1 saturated carbocycles. The number of rotatable bonds is 8. The van der Waals surface area contributed by atoms with Crippen LogP contribution in [-0.2, 0) is 22.4 Å². The van der Waals surface area contributed by atoms with Crippen molar-refractivity contribution in [1.29, 1.82) is 0 Å². The van der Waals surface area contributed by atoms with E-state index >= 15 is 0 Å². The lowest BCUT2D eigenvalue weighted by atomic mass is 9.85. The lowest BCUT2D eigenvalue weighted by molar-refractivity contribution is -0.139. The number of aryl methyl sites for hydroxylation is 1. The summed E-state index contributed by atoms with van der Waals surface area (Å²) in [4.78, 5) is 29.1. The van der Waals surface area contributed by atoms with Crippen molar-refractivity contribution in [3.63, 3.8) is 0 Å². The molecule has 1 aliphatic rings. The van der Waals surface area contributed by atoms with Crippen molar-refractivity contribution < 1.29 is 14.7 Å². The van der Waals surface area contributed by atoms with Crippen molar-refractivity contribution in [2.75, 3.05) is 13.1 Å². The fourth-order valence-corrected chi connectivity index (χ4v) is 3.46. The number of carboxylic acid groups (broad SMARTS) is 1. The lowest BCUT2D eigenvalue weighted by Crippen LogP contribution is -2.55. The normalized spacial score (nSPS) is 20.7. The summed E-state index contributed by atoms with van der Waals surface area (Å²) in [6, 6.07) is 0.419. The number of thiazole rings is 1. The molecular weight excluding hydrogens is 302 g/mol. The number of aromatic nitrogens is 1. The maximum Gasteiger partial charge on any atom is 0.317 e. The molecule has 1 amide bonds. The van der Waals surface area contributed by atoms with Crippen molar-refractivity contribution in [3.8, 4) is 0 Å². The van der Waals surface area contributed by atoms with Gasteiger partial charge in [0.25, 0.3) is 0 Å². The quantitative estimate of drug-likeness (QED) is 0.753. The van der Waals surface area contributed by atoms with E-state index in [1.165, 1.54) is 0 Å². The summed E-state index contributed by atoms with van der Waals surface area (Å²) in [6.45, 7) is 4.80. The van der Waals surface area contributed by atoms with Gasteiger partial charge in [0, 0.05) is 17.5 Å². The van der Waals surface area contributed by atoms with E-state index in [0.29, 0.717) is 6.42 Å². The van der Waals surface area contributed by atoms with Gasteiger partial charge in [-0.2, -0.15) is 0 Å². The van der Waals surface area contributed by atoms with Crippen molar-refractivity contribution >= 4 is 23.2 Å². The minimum absolute atomic E-state index is 0.00214. The average molecular weight is 325 g/mol. The molecule has 122 valence electrons. The molecule has 0 atom stereocenters. The zero-order valence-corrected chi connectivity index (χ0v) is 13.9. The van der Waals surface area contributed by atoms with E-state index in [4.69, 9.17) is 5.11 Å². The minimum Gasteiger partial charge on any atom is -0.480 e. The molecule has 2 N–H and O–H groups in total. The number of hydrogen-bond acceptors (Lipinski definition) is 5. The molecule has 0 saturated heterocycles. The van der Waals surface area contributed by atoms with Crippen molar-refractivity contribution in [1.82, 2.24) is 15.2 Å². The topological polar surface area (TPSA) is 82.5 Å².